The van der Waals surface area contributed by atoms with Gasteiger partial charge in [-0.1, -0.05) is 18.2 Å². The summed E-state index contributed by atoms with van der Waals surface area (Å²) in [5.41, 5.74) is 0.825. The maximum Gasteiger partial charge on any atom is 0.243 e. The molecule has 3 rings (SSSR count). The highest BCUT2D eigenvalue weighted by Crippen LogP contribution is 2.21. The average molecular weight is 358 g/mol. The lowest BCUT2D eigenvalue weighted by Crippen LogP contribution is -2.47. The molecule has 1 aliphatic heterocycles. The maximum absolute atomic E-state index is 12.4. The summed E-state index contributed by atoms with van der Waals surface area (Å²) >= 11 is 1.41. The first-order valence-electron chi connectivity index (χ1n) is 8.44. The lowest BCUT2D eigenvalue weighted by molar-refractivity contribution is -0.123. The van der Waals surface area contributed by atoms with Gasteiger partial charge in [-0.05, 0) is 45.0 Å². The topological polar surface area (TPSA) is 74.3 Å². The molecule has 132 valence electrons. The number of hydrogen-bond acceptors (Lipinski definition) is 5. The van der Waals surface area contributed by atoms with Crippen LogP contribution in [-0.2, 0) is 9.59 Å². The molecule has 6 nitrogen and oxygen atoms in total. The zero-order valence-electron chi connectivity index (χ0n) is 14.1. The molecule has 2 N–H and O–H groups in total. The maximum atomic E-state index is 12.4. The average Bonchev–Trinajstić information content (AvgIpc) is 3.15. The Labute approximate surface area is 151 Å². The molecule has 2 heterocycles. The first-order valence-corrected chi connectivity index (χ1v) is 9.32. The Morgan fingerprint density at radius 2 is 1.92 bits per heavy atom. The van der Waals surface area contributed by atoms with Crippen molar-refractivity contribution in [2.75, 3.05) is 23.7 Å². The van der Waals surface area contributed by atoms with Gasteiger partial charge in [-0.2, -0.15) is 0 Å². The molecule has 0 bridgehead atoms. The number of thiazole rings is 1. The molecule has 1 aliphatic rings. The van der Waals surface area contributed by atoms with Crippen LogP contribution in [0.4, 0.5) is 10.8 Å². The molecule has 1 atom stereocenters. The summed E-state index contributed by atoms with van der Waals surface area (Å²) in [6, 6.07) is 9.27. The Morgan fingerprint density at radius 3 is 2.56 bits per heavy atom. The molecule has 0 aliphatic carbocycles. The van der Waals surface area contributed by atoms with Gasteiger partial charge >= 0.3 is 0 Å². The van der Waals surface area contributed by atoms with Crippen LogP contribution in [-0.4, -0.2) is 40.8 Å². The van der Waals surface area contributed by atoms with Crippen LogP contribution in [0.15, 0.2) is 41.9 Å². The van der Waals surface area contributed by atoms with Crippen LogP contribution in [0.3, 0.4) is 0 Å². The van der Waals surface area contributed by atoms with Gasteiger partial charge in [-0.15, -0.1) is 11.3 Å². The van der Waals surface area contributed by atoms with Crippen LogP contribution in [0.5, 0.6) is 0 Å². The number of nitrogens with one attached hydrogen (secondary N) is 2. The first kappa shape index (κ1) is 17.6. The van der Waals surface area contributed by atoms with E-state index >= 15 is 0 Å². The van der Waals surface area contributed by atoms with Crippen molar-refractivity contribution in [1.82, 2.24) is 9.88 Å². The molecule has 7 heteroatoms. The molecule has 1 saturated heterocycles. The second-order valence-corrected chi connectivity index (χ2v) is 7.06. The summed E-state index contributed by atoms with van der Waals surface area (Å²) < 4.78 is 0. The van der Waals surface area contributed by atoms with Gasteiger partial charge in [0.15, 0.2) is 5.13 Å². The summed E-state index contributed by atoms with van der Waals surface area (Å²) in [5, 5.41) is 8.25. The van der Waals surface area contributed by atoms with E-state index in [1.54, 1.807) is 6.20 Å². The van der Waals surface area contributed by atoms with Gasteiger partial charge in [0.1, 0.15) is 0 Å². The molecule has 0 radical (unpaired) electrons. The fourth-order valence-electron chi connectivity index (χ4n) is 2.98. The molecule has 0 saturated carbocycles. The highest BCUT2D eigenvalue weighted by molar-refractivity contribution is 7.13. The Balaban J connectivity index is 1.47. The van der Waals surface area contributed by atoms with Crippen LogP contribution in [0.2, 0.25) is 0 Å². The zero-order valence-corrected chi connectivity index (χ0v) is 15.0. The quantitative estimate of drug-likeness (QED) is 0.862. The first-order chi connectivity index (χ1) is 12.1. The molecule has 25 heavy (non-hydrogen) atoms. The third kappa shape index (κ3) is 4.64. The number of likely N-dealkylation sites (tertiary alicyclic amines) is 1. The summed E-state index contributed by atoms with van der Waals surface area (Å²) in [6.07, 6.45) is 3.18. The van der Waals surface area contributed by atoms with E-state index in [9.17, 15) is 9.59 Å². The van der Waals surface area contributed by atoms with E-state index in [-0.39, 0.29) is 23.8 Å². The fraction of sp³-hybridized carbons (Fsp3) is 0.389. The van der Waals surface area contributed by atoms with Gasteiger partial charge < -0.3 is 10.6 Å². The van der Waals surface area contributed by atoms with Crippen molar-refractivity contribution in [3.63, 3.8) is 0 Å². The van der Waals surface area contributed by atoms with E-state index in [0.29, 0.717) is 5.13 Å². The fourth-order valence-corrected chi connectivity index (χ4v) is 3.51. The lowest BCUT2D eigenvalue weighted by Gasteiger charge is -2.34. The number of hydrogen-bond donors (Lipinski definition) is 2. The van der Waals surface area contributed by atoms with E-state index in [0.717, 1.165) is 31.6 Å². The highest BCUT2D eigenvalue weighted by Gasteiger charge is 2.30. The van der Waals surface area contributed by atoms with Crippen molar-refractivity contribution in [2.24, 2.45) is 5.92 Å². The number of aromatic nitrogens is 1. The van der Waals surface area contributed by atoms with Crippen LogP contribution in [0, 0.1) is 5.92 Å². The summed E-state index contributed by atoms with van der Waals surface area (Å²) in [6.45, 7) is 3.37. The molecule has 1 fully saturated rings. The second-order valence-electron chi connectivity index (χ2n) is 6.17. The highest BCUT2D eigenvalue weighted by atomic mass is 32.1. The van der Waals surface area contributed by atoms with Crippen molar-refractivity contribution in [3.05, 3.63) is 41.9 Å². The summed E-state index contributed by atoms with van der Waals surface area (Å²) in [4.78, 5) is 30.9. The van der Waals surface area contributed by atoms with E-state index in [2.05, 4.69) is 20.5 Å². The van der Waals surface area contributed by atoms with E-state index in [1.807, 2.05) is 42.6 Å². The molecule has 2 amide bonds. The van der Waals surface area contributed by atoms with Gasteiger partial charge in [-0.3, -0.25) is 14.5 Å². The lowest BCUT2D eigenvalue weighted by atomic mass is 9.94. The number of carbonyl (C=O) groups excluding carboxylic acids is 2. The number of para-hydroxylation sites is 1. The van der Waals surface area contributed by atoms with Crippen LogP contribution in [0.1, 0.15) is 19.8 Å². The Kier molecular flexibility index (Phi) is 5.78. The van der Waals surface area contributed by atoms with Crippen molar-refractivity contribution >= 4 is 34.0 Å². The molecule has 0 spiro atoms. The van der Waals surface area contributed by atoms with E-state index < -0.39 is 0 Å². The number of piperidine rings is 1. The monoisotopic (exact) mass is 358 g/mol. The summed E-state index contributed by atoms with van der Waals surface area (Å²) in [7, 11) is 0. The standard InChI is InChI=1S/C18H22N4O2S/c1-13(16(23)21-18-19-9-12-25-18)22-10-7-14(8-11-22)17(24)20-15-5-3-2-4-6-15/h2-6,9,12-14H,7-8,10-11H2,1H3,(H,20,24)(H,19,21,23)/t13-/m0/s1. The Hall–Kier alpha value is -2.25. The molecule has 1 aromatic carbocycles. The largest absolute Gasteiger partial charge is 0.326 e. The summed E-state index contributed by atoms with van der Waals surface area (Å²) in [5.74, 6) is -0.00134. The van der Waals surface area contributed by atoms with Gasteiger partial charge in [0.2, 0.25) is 11.8 Å². The van der Waals surface area contributed by atoms with Gasteiger partial charge in [0.05, 0.1) is 6.04 Å². The number of anilines is 2. The number of amides is 2. The smallest absolute Gasteiger partial charge is 0.243 e. The number of carbonyl (C=O) groups is 2. The predicted molar refractivity (Wildman–Crippen MR) is 99.6 cm³/mol. The molecular formula is C18H22N4O2S. The minimum atomic E-state index is -0.234. The number of rotatable bonds is 5. The third-order valence-electron chi connectivity index (χ3n) is 4.53. The second kappa shape index (κ2) is 8.22. The predicted octanol–water partition coefficient (Wildman–Crippen LogP) is 2.82. The van der Waals surface area contributed by atoms with Crippen LogP contribution >= 0.6 is 11.3 Å². The van der Waals surface area contributed by atoms with Gasteiger partial charge in [0.25, 0.3) is 0 Å². The molecular weight excluding hydrogens is 336 g/mol. The molecule has 1 aromatic heterocycles. The third-order valence-corrected chi connectivity index (χ3v) is 5.22. The van der Waals surface area contributed by atoms with Gasteiger partial charge in [-0.25, -0.2) is 4.98 Å². The normalized spacial score (nSPS) is 17.0. The van der Waals surface area contributed by atoms with Gasteiger partial charge in [0, 0.05) is 23.2 Å². The minimum absolute atomic E-state index is 0.00863. The SMILES string of the molecule is C[C@@H](C(=O)Nc1nccs1)N1CCC(C(=O)Nc2ccccc2)CC1. The van der Waals surface area contributed by atoms with E-state index in [4.69, 9.17) is 0 Å². The van der Waals surface area contributed by atoms with Crippen molar-refractivity contribution in [3.8, 4) is 0 Å². The van der Waals surface area contributed by atoms with Crippen LogP contribution in [0.25, 0.3) is 0 Å². The Bertz CT molecular complexity index is 697. The number of benzene rings is 1. The van der Waals surface area contributed by atoms with Crippen molar-refractivity contribution in [1.29, 1.82) is 0 Å². The molecule has 2 aromatic rings. The zero-order chi connectivity index (χ0) is 17.6. The van der Waals surface area contributed by atoms with Crippen molar-refractivity contribution < 1.29 is 9.59 Å². The Morgan fingerprint density at radius 1 is 1.20 bits per heavy atom. The van der Waals surface area contributed by atoms with E-state index in [1.165, 1.54) is 11.3 Å². The van der Waals surface area contributed by atoms with Crippen molar-refractivity contribution in [2.45, 2.75) is 25.8 Å². The van der Waals surface area contributed by atoms with Crippen LogP contribution < -0.4 is 10.6 Å². The number of nitrogens with zero attached hydrogens (tertiary/aromatic N) is 2. The minimum Gasteiger partial charge on any atom is -0.326 e. The molecule has 0 unspecified atom stereocenters.